The van der Waals surface area contributed by atoms with Crippen LogP contribution in [0, 0.1) is 5.82 Å². The fourth-order valence-corrected chi connectivity index (χ4v) is 3.47. The van der Waals surface area contributed by atoms with Gasteiger partial charge in [0.1, 0.15) is 5.82 Å². The second-order valence-corrected chi connectivity index (χ2v) is 6.63. The number of benzene rings is 2. The lowest BCUT2D eigenvalue weighted by Crippen LogP contribution is -2.25. The highest BCUT2D eigenvalue weighted by Gasteiger charge is 2.06. The Morgan fingerprint density at radius 3 is 2.79 bits per heavy atom. The molecule has 3 nitrogen and oxygen atoms in total. The molecule has 1 aromatic heterocycles. The fourth-order valence-electron chi connectivity index (χ4n) is 2.58. The van der Waals surface area contributed by atoms with E-state index in [9.17, 15) is 9.18 Å². The first-order chi connectivity index (χ1) is 11.7. The number of thioether (sulfide) groups is 1. The summed E-state index contributed by atoms with van der Waals surface area (Å²) in [6, 6.07) is 14.8. The lowest BCUT2D eigenvalue weighted by molar-refractivity contribution is -0.120. The zero-order valence-electron chi connectivity index (χ0n) is 13.2. The topological polar surface area (TPSA) is 44.9 Å². The van der Waals surface area contributed by atoms with Crippen molar-refractivity contribution in [1.29, 1.82) is 0 Å². The van der Waals surface area contributed by atoms with Gasteiger partial charge in [0.2, 0.25) is 5.91 Å². The van der Waals surface area contributed by atoms with E-state index in [0.717, 1.165) is 11.9 Å². The average molecular weight is 342 g/mol. The molecule has 5 heteroatoms. The standard InChI is InChI=1S/C19H19FN2OS/c20-16-6-2-4-8-18(16)24-12-10-19(23)21-11-9-14-13-22-17-7-3-1-5-15(14)17/h1-8,13,22H,9-12H2,(H,21,23). The van der Waals surface area contributed by atoms with Crippen LogP contribution in [0.1, 0.15) is 12.0 Å². The molecule has 0 spiro atoms. The van der Waals surface area contributed by atoms with E-state index in [1.54, 1.807) is 18.2 Å². The molecule has 3 rings (SSSR count). The number of para-hydroxylation sites is 1. The quantitative estimate of drug-likeness (QED) is 0.634. The van der Waals surface area contributed by atoms with Gasteiger partial charge in [0, 0.05) is 40.7 Å². The van der Waals surface area contributed by atoms with Crippen LogP contribution in [0.2, 0.25) is 0 Å². The first-order valence-electron chi connectivity index (χ1n) is 7.93. The van der Waals surface area contributed by atoms with Crippen molar-refractivity contribution in [3.8, 4) is 0 Å². The molecule has 24 heavy (non-hydrogen) atoms. The number of fused-ring (bicyclic) bond motifs is 1. The molecule has 0 saturated carbocycles. The summed E-state index contributed by atoms with van der Waals surface area (Å²) in [5, 5.41) is 4.12. The summed E-state index contributed by atoms with van der Waals surface area (Å²) in [7, 11) is 0. The van der Waals surface area contributed by atoms with E-state index in [4.69, 9.17) is 0 Å². The van der Waals surface area contributed by atoms with Crippen LogP contribution in [0.4, 0.5) is 4.39 Å². The Labute approximate surface area is 144 Å². The molecule has 2 aromatic carbocycles. The minimum Gasteiger partial charge on any atom is -0.361 e. The number of nitrogens with one attached hydrogen (secondary N) is 2. The maximum atomic E-state index is 13.5. The number of halogens is 1. The van der Waals surface area contributed by atoms with Crippen LogP contribution in [0.3, 0.4) is 0 Å². The van der Waals surface area contributed by atoms with Gasteiger partial charge >= 0.3 is 0 Å². The number of aromatic amines is 1. The molecule has 0 aliphatic rings. The summed E-state index contributed by atoms with van der Waals surface area (Å²) >= 11 is 1.37. The summed E-state index contributed by atoms with van der Waals surface area (Å²) in [4.78, 5) is 15.7. The van der Waals surface area contributed by atoms with E-state index in [1.807, 2.05) is 24.4 Å². The molecule has 3 aromatic rings. The van der Waals surface area contributed by atoms with Gasteiger partial charge in [0.15, 0.2) is 0 Å². The average Bonchev–Trinajstić information content (AvgIpc) is 3.00. The predicted molar refractivity (Wildman–Crippen MR) is 96.8 cm³/mol. The highest BCUT2D eigenvalue weighted by Crippen LogP contribution is 2.21. The van der Waals surface area contributed by atoms with Gasteiger partial charge in [-0.25, -0.2) is 4.39 Å². The zero-order chi connectivity index (χ0) is 16.8. The predicted octanol–water partition coefficient (Wildman–Crippen LogP) is 4.15. The molecule has 0 unspecified atom stereocenters. The first kappa shape index (κ1) is 16.6. The third-order valence-corrected chi connectivity index (χ3v) is 4.87. The van der Waals surface area contributed by atoms with Crippen molar-refractivity contribution in [2.75, 3.05) is 12.3 Å². The maximum absolute atomic E-state index is 13.5. The monoisotopic (exact) mass is 342 g/mol. The van der Waals surface area contributed by atoms with Crippen LogP contribution in [-0.4, -0.2) is 23.2 Å². The number of rotatable bonds is 7. The SMILES string of the molecule is O=C(CCSc1ccccc1F)NCCc1c[nH]c2ccccc12. The van der Waals surface area contributed by atoms with Crippen LogP contribution in [0.5, 0.6) is 0 Å². The molecule has 0 bridgehead atoms. The van der Waals surface area contributed by atoms with Crippen LogP contribution < -0.4 is 5.32 Å². The van der Waals surface area contributed by atoms with Crippen molar-refractivity contribution < 1.29 is 9.18 Å². The molecular formula is C19H19FN2OS. The van der Waals surface area contributed by atoms with Crippen LogP contribution >= 0.6 is 11.8 Å². The van der Waals surface area contributed by atoms with Crippen LogP contribution in [0.15, 0.2) is 59.6 Å². The summed E-state index contributed by atoms with van der Waals surface area (Å²) in [6.45, 7) is 0.602. The Kier molecular flexibility index (Phi) is 5.54. The van der Waals surface area contributed by atoms with Crippen molar-refractivity contribution in [3.63, 3.8) is 0 Å². The van der Waals surface area contributed by atoms with Crippen molar-refractivity contribution in [1.82, 2.24) is 10.3 Å². The largest absolute Gasteiger partial charge is 0.361 e. The molecule has 0 radical (unpaired) electrons. The van der Waals surface area contributed by atoms with E-state index < -0.39 is 0 Å². The Morgan fingerprint density at radius 1 is 1.12 bits per heavy atom. The van der Waals surface area contributed by atoms with Crippen molar-refractivity contribution >= 4 is 28.6 Å². The van der Waals surface area contributed by atoms with Gasteiger partial charge in [0.05, 0.1) is 0 Å². The number of carbonyl (C=O) groups excluding carboxylic acids is 1. The minimum atomic E-state index is -0.234. The molecular weight excluding hydrogens is 323 g/mol. The summed E-state index contributed by atoms with van der Waals surface area (Å²) in [5.74, 6) is 0.334. The van der Waals surface area contributed by atoms with Crippen molar-refractivity contribution in [3.05, 3.63) is 66.1 Å². The van der Waals surface area contributed by atoms with Gasteiger partial charge in [0.25, 0.3) is 0 Å². The maximum Gasteiger partial charge on any atom is 0.220 e. The second kappa shape index (κ2) is 8.02. The molecule has 0 atom stereocenters. The van der Waals surface area contributed by atoms with Gasteiger partial charge < -0.3 is 10.3 Å². The Morgan fingerprint density at radius 2 is 1.92 bits per heavy atom. The van der Waals surface area contributed by atoms with Gasteiger partial charge in [-0.1, -0.05) is 30.3 Å². The van der Waals surface area contributed by atoms with Crippen molar-refractivity contribution in [2.24, 2.45) is 0 Å². The first-order valence-corrected chi connectivity index (χ1v) is 8.91. The number of hydrogen-bond donors (Lipinski definition) is 2. The lowest BCUT2D eigenvalue weighted by atomic mass is 10.1. The summed E-state index contributed by atoms with van der Waals surface area (Å²) in [5.41, 5.74) is 2.31. The summed E-state index contributed by atoms with van der Waals surface area (Å²) in [6.07, 6.45) is 3.16. The lowest BCUT2D eigenvalue weighted by Gasteiger charge is -2.05. The zero-order valence-corrected chi connectivity index (χ0v) is 14.0. The highest BCUT2D eigenvalue weighted by molar-refractivity contribution is 7.99. The molecule has 1 heterocycles. The third kappa shape index (κ3) is 4.17. The van der Waals surface area contributed by atoms with E-state index in [1.165, 1.54) is 28.8 Å². The Hall–Kier alpha value is -2.27. The van der Waals surface area contributed by atoms with Crippen LogP contribution in [-0.2, 0) is 11.2 Å². The second-order valence-electron chi connectivity index (χ2n) is 5.49. The summed E-state index contributed by atoms with van der Waals surface area (Å²) < 4.78 is 13.5. The number of H-pyrrole nitrogens is 1. The third-order valence-electron chi connectivity index (χ3n) is 3.81. The molecule has 0 saturated heterocycles. The molecule has 124 valence electrons. The number of amides is 1. The fraction of sp³-hybridized carbons (Fsp3) is 0.211. The molecule has 1 amide bonds. The minimum absolute atomic E-state index is 0.00122. The van der Waals surface area contributed by atoms with E-state index in [-0.39, 0.29) is 11.7 Å². The van der Waals surface area contributed by atoms with Gasteiger partial charge in [-0.3, -0.25) is 4.79 Å². The molecule has 0 aliphatic carbocycles. The van der Waals surface area contributed by atoms with E-state index in [0.29, 0.717) is 23.6 Å². The van der Waals surface area contributed by atoms with Crippen molar-refractivity contribution in [2.45, 2.75) is 17.7 Å². The van der Waals surface area contributed by atoms with Gasteiger partial charge in [-0.15, -0.1) is 11.8 Å². The van der Waals surface area contributed by atoms with Gasteiger partial charge in [-0.2, -0.15) is 0 Å². The normalized spacial score (nSPS) is 10.9. The molecule has 0 fully saturated rings. The van der Waals surface area contributed by atoms with E-state index in [2.05, 4.69) is 16.4 Å². The molecule has 2 N–H and O–H groups in total. The molecule has 0 aliphatic heterocycles. The highest BCUT2D eigenvalue weighted by atomic mass is 32.2. The number of carbonyl (C=O) groups is 1. The van der Waals surface area contributed by atoms with E-state index >= 15 is 0 Å². The smallest absolute Gasteiger partial charge is 0.220 e. The number of aromatic nitrogens is 1. The van der Waals surface area contributed by atoms with Gasteiger partial charge in [-0.05, 0) is 30.2 Å². The Balaban J connectivity index is 1.41. The number of hydrogen-bond acceptors (Lipinski definition) is 2. The Bertz CT molecular complexity index is 831. The van der Waals surface area contributed by atoms with Crippen LogP contribution in [0.25, 0.3) is 10.9 Å².